The van der Waals surface area contributed by atoms with Crippen molar-refractivity contribution < 1.29 is 4.74 Å². The van der Waals surface area contributed by atoms with Crippen LogP contribution in [0.1, 0.15) is 84.5 Å². The van der Waals surface area contributed by atoms with Gasteiger partial charge < -0.3 is 4.74 Å². The Kier molecular flexibility index (Phi) is 8.59. The molecule has 0 heterocycles. The van der Waals surface area contributed by atoms with Gasteiger partial charge in [-0.3, -0.25) is 0 Å². The number of hydrogen-bond donors (Lipinski definition) is 0. The van der Waals surface area contributed by atoms with Gasteiger partial charge in [-0.05, 0) is 69.1 Å². The molecule has 128 valence electrons. The maximum absolute atomic E-state index is 5.76. The zero-order chi connectivity index (χ0) is 15.6. The monoisotopic (exact) mass is 306 g/mol. The topological polar surface area (TPSA) is 9.23 Å². The Bertz CT molecular complexity index is 293. The van der Waals surface area contributed by atoms with Gasteiger partial charge in [-0.2, -0.15) is 0 Å². The van der Waals surface area contributed by atoms with Crippen LogP contribution in [0, 0.1) is 23.7 Å². The Hall–Kier alpha value is -0.300. The van der Waals surface area contributed by atoms with E-state index in [9.17, 15) is 0 Å². The maximum Gasteiger partial charge on any atom is 0.0647 e. The molecule has 0 unspecified atom stereocenters. The Morgan fingerprint density at radius 2 is 1.45 bits per heavy atom. The molecule has 0 bridgehead atoms. The van der Waals surface area contributed by atoms with Crippen LogP contribution < -0.4 is 0 Å². The maximum atomic E-state index is 5.76. The normalized spacial score (nSPS) is 33.4. The molecule has 2 fully saturated rings. The van der Waals surface area contributed by atoms with Gasteiger partial charge in [-0.25, -0.2) is 0 Å². The van der Waals surface area contributed by atoms with Crippen LogP contribution in [0.25, 0.3) is 0 Å². The fraction of sp³-hybridized carbons (Fsp3) is 0.905. The van der Waals surface area contributed by atoms with Crippen molar-refractivity contribution in [2.45, 2.75) is 84.5 Å². The average molecular weight is 307 g/mol. The van der Waals surface area contributed by atoms with E-state index >= 15 is 0 Å². The van der Waals surface area contributed by atoms with Gasteiger partial charge in [0.2, 0.25) is 0 Å². The van der Waals surface area contributed by atoms with E-state index in [2.05, 4.69) is 26.0 Å². The predicted molar refractivity (Wildman–Crippen MR) is 96.1 cm³/mol. The lowest BCUT2D eigenvalue weighted by Crippen LogP contribution is -2.27. The summed E-state index contributed by atoms with van der Waals surface area (Å²) < 4.78 is 5.76. The van der Waals surface area contributed by atoms with E-state index in [1.54, 1.807) is 0 Å². The van der Waals surface area contributed by atoms with E-state index in [1.165, 1.54) is 70.6 Å². The number of unbranched alkanes of at least 4 members (excludes halogenated alkanes) is 1. The molecule has 22 heavy (non-hydrogen) atoms. The summed E-state index contributed by atoms with van der Waals surface area (Å²) >= 11 is 0. The van der Waals surface area contributed by atoms with E-state index in [-0.39, 0.29) is 0 Å². The third-order valence-electron chi connectivity index (χ3n) is 6.22. The van der Waals surface area contributed by atoms with Crippen molar-refractivity contribution in [1.29, 1.82) is 0 Å². The van der Waals surface area contributed by atoms with Crippen LogP contribution in [0.2, 0.25) is 0 Å². The largest absolute Gasteiger partial charge is 0.377 e. The van der Waals surface area contributed by atoms with Crippen LogP contribution in [0.4, 0.5) is 0 Å². The van der Waals surface area contributed by atoms with Gasteiger partial charge in [0.1, 0.15) is 0 Å². The average Bonchev–Trinajstić information content (AvgIpc) is 2.58. The van der Waals surface area contributed by atoms with Crippen molar-refractivity contribution in [2.24, 2.45) is 23.7 Å². The molecule has 0 spiro atoms. The highest BCUT2D eigenvalue weighted by Crippen LogP contribution is 2.42. The Morgan fingerprint density at radius 1 is 0.864 bits per heavy atom. The standard InChI is InChI=1S/C21H38O/c1-3-5-7-18-8-12-20(13-9-18)21-14-10-19(11-15-21)17-22-16-6-4-2/h4,6,18-21H,3,5,7-17H2,1-2H3. The molecule has 0 atom stereocenters. The summed E-state index contributed by atoms with van der Waals surface area (Å²) in [7, 11) is 0. The van der Waals surface area contributed by atoms with Gasteiger partial charge in [-0.1, -0.05) is 51.2 Å². The molecule has 2 aliphatic carbocycles. The minimum absolute atomic E-state index is 0.804. The first-order valence-corrected chi connectivity index (χ1v) is 10.0. The highest BCUT2D eigenvalue weighted by molar-refractivity contribution is 4.82. The summed E-state index contributed by atoms with van der Waals surface area (Å²) in [5.74, 6) is 4.00. The van der Waals surface area contributed by atoms with Crippen LogP contribution in [-0.2, 0) is 4.74 Å². The molecular weight excluding hydrogens is 268 g/mol. The first-order chi connectivity index (χ1) is 10.8. The molecule has 2 saturated carbocycles. The molecule has 0 saturated heterocycles. The number of hydrogen-bond acceptors (Lipinski definition) is 1. The highest BCUT2D eigenvalue weighted by Gasteiger charge is 2.30. The van der Waals surface area contributed by atoms with E-state index in [0.717, 1.165) is 36.9 Å². The second-order valence-electron chi connectivity index (χ2n) is 7.81. The quantitative estimate of drug-likeness (QED) is 0.373. The summed E-state index contributed by atoms with van der Waals surface area (Å²) in [5.41, 5.74) is 0. The molecule has 0 N–H and O–H groups in total. The van der Waals surface area contributed by atoms with Crippen molar-refractivity contribution in [3.63, 3.8) is 0 Å². The number of allylic oxidation sites excluding steroid dienone is 1. The van der Waals surface area contributed by atoms with E-state index in [4.69, 9.17) is 4.74 Å². The van der Waals surface area contributed by atoms with Crippen LogP contribution >= 0.6 is 0 Å². The molecule has 0 aromatic rings. The van der Waals surface area contributed by atoms with Crippen molar-refractivity contribution in [1.82, 2.24) is 0 Å². The molecule has 2 rings (SSSR count). The Morgan fingerprint density at radius 3 is 2.00 bits per heavy atom. The Balaban J connectivity index is 1.59. The second kappa shape index (κ2) is 10.5. The van der Waals surface area contributed by atoms with Gasteiger partial charge in [-0.15, -0.1) is 0 Å². The molecule has 0 radical (unpaired) electrons. The summed E-state index contributed by atoms with van der Waals surface area (Å²) in [4.78, 5) is 0. The SMILES string of the molecule is CC=CCOCC1CCC(C2CCC(CCCC)CC2)CC1. The number of ether oxygens (including phenoxy) is 1. The number of rotatable bonds is 8. The van der Waals surface area contributed by atoms with E-state index < -0.39 is 0 Å². The van der Waals surface area contributed by atoms with Crippen LogP contribution in [0.3, 0.4) is 0 Å². The van der Waals surface area contributed by atoms with Crippen LogP contribution in [-0.4, -0.2) is 13.2 Å². The van der Waals surface area contributed by atoms with Crippen molar-refractivity contribution >= 4 is 0 Å². The molecule has 1 nitrogen and oxygen atoms in total. The zero-order valence-corrected chi connectivity index (χ0v) is 15.1. The molecule has 0 aliphatic heterocycles. The van der Waals surface area contributed by atoms with Gasteiger partial charge in [0.15, 0.2) is 0 Å². The van der Waals surface area contributed by atoms with Crippen molar-refractivity contribution in [2.75, 3.05) is 13.2 Å². The molecule has 2 aliphatic rings. The highest BCUT2D eigenvalue weighted by atomic mass is 16.5. The third kappa shape index (κ3) is 6.07. The predicted octanol–water partition coefficient (Wildman–Crippen LogP) is 6.38. The van der Waals surface area contributed by atoms with Crippen molar-refractivity contribution in [3.05, 3.63) is 12.2 Å². The second-order valence-corrected chi connectivity index (χ2v) is 7.81. The summed E-state index contributed by atoms with van der Waals surface area (Å²) in [5, 5.41) is 0. The van der Waals surface area contributed by atoms with Gasteiger partial charge in [0.25, 0.3) is 0 Å². The molecular formula is C21H38O. The first kappa shape index (κ1) is 18.0. The minimum Gasteiger partial charge on any atom is -0.377 e. The molecule has 0 aromatic carbocycles. The zero-order valence-electron chi connectivity index (χ0n) is 15.1. The fourth-order valence-corrected chi connectivity index (χ4v) is 4.67. The van der Waals surface area contributed by atoms with E-state index in [0.29, 0.717) is 0 Å². The fourth-order valence-electron chi connectivity index (χ4n) is 4.67. The van der Waals surface area contributed by atoms with E-state index in [1.807, 2.05) is 0 Å². The lowest BCUT2D eigenvalue weighted by Gasteiger charge is -2.37. The smallest absolute Gasteiger partial charge is 0.0647 e. The lowest BCUT2D eigenvalue weighted by atomic mass is 9.69. The van der Waals surface area contributed by atoms with Gasteiger partial charge >= 0.3 is 0 Å². The van der Waals surface area contributed by atoms with Crippen LogP contribution in [0.15, 0.2) is 12.2 Å². The summed E-state index contributed by atoms with van der Waals surface area (Å²) in [6.07, 6.45) is 20.4. The molecule has 0 aromatic heterocycles. The molecule has 1 heteroatoms. The lowest BCUT2D eigenvalue weighted by molar-refractivity contribution is 0.0779. The molecule has 0 amide bonds. The van der Waals surface area contributed by atoms with Crippen LogP contribution in [0.5, 0.6) is 0 Å². The van der Waals surface area contributed by atoms with Gasteiger partial charge in [0.05, 0.1) is 6.61 Å². The third-order valence-corrected chi connectivity index (χ3v) is 6.22. The minimum atomic E-state index is 0.804. The first-order valence-electron chi connectivity index (χ1n) is 10.0. The summed E-state index contributed by atoms with van der Waals surface area (Å²) in [6, 6.07) is 0. The van der Waals surface area contributed by atoms with Crippen molar-refractivity contribution in [3.8, 4) is 0 Å². The van der Waals surface area contributed by atoms with Gasteiger partial charge in [0, 0.05) is 6.61 Å². The summed E-state index contributed by atoms with van der Waals surface area (Å²) in [6.45, 7) is 6.18. The Labute approximate surface area is 138 Å².